The molecule has 0 spiro atoms. The van der Waals surface area contributed by atoms with E-state index in [0.29, 0.717) is 0 Å². The lowest BCUT2D eigenvalue weighted by molar-refractivity contribution is 0.296. The molecule has 1 aliphatic heterocycles. The quantitative estimate of drug-likeness (QED) is 0.122. The first-order valence-corrected chi connectivity index (χ1v) is 27.8. The van der Waals surface area contributed by atoms with Gasteiger partial charge in [-0.3, -0.25) is 4.40 Å². The van der Waals surface area contributed by atoms with Gasteiger partial charge in [0.25, 0.3) is 0 Å². The molecular weight excluding hydrogens is 877 g/mol. The first kappa shape index (κ1) is 44.5. The van der Waals surface area contributed by atoms with Crippen LogP contribution in [-0.2, 0) is 21.7 Å². The maximum Gasteiger partial charge on any atom is 0.195 e. The maximum absolute atomic E-state index is 5.14. The fraction of sp³-hybridized carbons (Fsp3) is 0.222. The molecule has 5 heteroatoms. The average molecular weight is 937 g/mol. The molecule has 68 heavy (non-hydrogen) atoms. The highest BCUT2D eigenvalue weighted by Gasteiger charge is 2.46. The van der Waals surface area contributed by atoms with Crippen LogP contribution in [-0.4, -0.2) is 17.5 Å². The molecule has 0 saturated carbocycles. The summed E-state index contributed by atoms with van der Waals surface area (Å²) >= 11 is 3.77. The van der Waals surface area contributed by atoms with Crippen molar-refractivity contribution >= 4 is 78.1 Å². The summed E-state index contributed by atoms with van der Waals surface area (Å²) in [5, 5.41) is 5.48. The van der Waals surface area contributed by atoms with E-state index in [-0.39, 0.29) is 21.7 Å². The number of hydrogen-bond acceptors (Lipinski definition) is 3. The second-order valence-corrected chi connectivity index (χ2v) is 27.8. The largest absolute Gasteiger partial charge is 0.283 e. The predicted octanol–water partition coefficient (Wildman–Crippen LogP) is 14.7. The summed E-state index contributed by atoms with van der Waals surface area (Å²) in [6, 6.07) is 69.8. The Morgan fingerprint density at radius 3 is 1.59 bits per heavy atom. The molecule has 8 aromatic carbocycles. The van der Waals surface area contributed by atoms with Crippen LogP contribution in [0.25, 0.3) is 48.5 Å². The number of thiazole rings is 1. The highest BCUT2D eigenvalue weighted by atomic mass is 32.2. The Morgan fingerprint density at radius 2 is 0.956 bits per heavy atom. The third-order valence-corrected chi connectivity index (χ3v) is 22.6. The predicted molar refractivity (Wildman–Crippen MR) is 297 cm³/mol. The fourth-order valence-electron chi connectivity index (χ4n) is 11.3. The summed E-state index contributed by atoms with van der Waals surface area (Å²) in [5.74, 6) is 0. The molecule has 2 nitrogen and oxygen atoms in total. The van der Waals surface area contributed by atoms with Gasteiger partial charge in [0.15, 0.2) is 13.0 Å². The van der Waals surface area contributed by atoms with Crippen molar-refractivity contribution < 1.29 is 0 Å². The van der Waals surface area contributed by atoms with Crippen LogP contribution in [0, 0.1) is 0 Å². The van der Waals surface area contributed by atoms with E-state index in [9.17, 15) is 0 Å². The van der Waals surface area contributed by atoms with Gasteiger partial charge in [0.1, 0.15) is 0 Å². The number of hydrogen-bond donors (Lipinski definition) is 0. The monoisotopic (exact) mass is 936 g/mol. The summed E-state index contributed by atoms with van der Waals surface area (Å²) in [5.41, 5.74) is 13.6. The zero-order chi connectivity index (χ0) is 47.4. The molecule has 0 bridgehead atoms. The Balaban J connectivity index is 1.23. The van der Waals surface area contributed by atoms with Crippen LogP contribution < -0.4 is 20.7 Å². The topological polar surface area (TPSA) is 17.3 Å². The van der Waals surface area contributed by atoms with Crippen molar-refractivity contribution in [1.29, 1.82) is 0 Å². The van der Waals surface area contributed by atoms with Crippen LogP contribution in [0.2, 0.25) is 0 Å². The second kappa shape index (κ2) is 16.1. The van der Waals surface area contributed by atoms with Crippen LogP contribution in [0.5, 0.6) is 0 Å². The van der Waals surface area contributed by atoms with Gasteiger partial charge < -0.3 is 0 Å². The van der Waals surface area contributed by atoms with Crippen molar-refractivity contribution in [2.24, 2.45) is 0 Å². The van der Waals surface area contributed by atoms with Gasteiger partial charge in [0.05, 0.1) is 21.3 Å². The van der Waals surface area contributed by atoms with Gasteiger partial charge >= 0.3 is 0 Å². The molecule has 0 fully saturated rings. The van der Waals surface area contributed by atoms with Crippen molar-refractivity contribution in [3.8, 4) is 22.3 Å². The van der Waals surface area contributed by atoms with Crippen molar-refractivity contribution in [2.45, 2.75) is 101 Å². The molecule has 10 aromatic rings. The van der Waals surface area contributed by atoms with Gasteiger partial charge in [-0.1, -0.05) is 250 Å². The Hall–Kier alpha value is -5.98. The van der Waals surface area contributed by atoms with E-state index in [0.717, 1.165) is 16.0 Å². The lowest BCUT2D eigenvalue weighted by Crippen LogP contribution is -2.74. The highest BCUT2D eigenvalue weighted by Crippen LogP contribution is 2.56. The number of imidazole rings is 1. The van der Waals surface area contributed by atoms with Crippen molar-refractivity contribution in [3.05, 3.63) is 204 Å². The highest BCUT2D eigenvalue weighted by molar-refractivity contribution is 7.99. The van der Waals surface area contributed by atoms with E-state index in [1.54, 1.807) is 11.3 Å². The number of nitrogens with zero attached hydrogens (tertiary/aromatic N) is 2. The van der Waals surface area contributed by atoms with E-state index < -0.39 is 8.07 Å². The third kappa shape index (κ3) is 6.82. The molecule has 0 N–H and O–H groups in total. The van der Waals surface area contributed by atoms with Crippen LogP contribution in [0.3, 0.4) is 0 Å². The molecule has 11 rings (SSSR count). The van der Waals surface area contributed by atoms with Gasteiger partial charge in [0, 0.05) is 15.4 Å². The van der Waals surface area contributed by atoms with Crippen molar-refractivity contribution in [3.63, 3.8) is 0 Å². The molecule has 0 aliphatic carbocycles. The van der Waals surface area contributed by atoms with Gasteiger partial charge in [-0.05, 0) is 106 Å². The molecule has 0 atom stereocenters. The van der Waals surface area contributed by atoms with Crippen LogP contribution >= 0.6 is 23.1 Å². The normalized spacial score (nSPS) is 14.8. The fourth-order valence-corrected chi connectivity index (χ4v) is 18.8. The van der Waals surface area contributed by atoms with Gasteiger partial charge in [-0.2, -0.15) is 0 Å². The SMILES string of the molecule is CC(C)(C)c1ccc([Si](c2ccccc2)(c2ccccc2)c2ccc(C(C)(C)C)c(-c3cccc4c3sc3nc5ccccc5n34)c2)cc1-c1cccc2c1Sc1ccccc1C(C)(C)C2(C)C. The molecule has 0 radical (unpaired) electrons. The summed E-state index contributed by atoms with van der Waals surface area (Å²) in [4.78, 5) is 8.87. The standard InChI is InChI=1S/C63H60N2S2Si/c1-60(2,3)49-37-35-43(39-47(49)45-27-21-30-52-57(45)66-56-34-20-17-29-51(56)62(7,8)63(52,9)10)68(41-23-13-11-14-24-41,42-25-15-12-16-26-42)44-36-38-50(61(4,5)6)48(40-44)46-28-22-33-55-58(46)67-59-64-53-31-18-19-32-54(53)65(55)59/h11-40H,1-10H3. The van der Waals surface area contributed by atoms with Crippen LogP contribution in [0.1, 0.15) is 91.5 Å². The minimum Gasteiger partial charge on any atom is -0.283 e. The molecule has 0 saturated heterocycles. The van der Waals surface area contributed by atoms with Crippen molar-refractivity contribution in [1.82, 2.24) is 9.38 Å². The third-order valence-electron chi connectivity index (χ3n) is 15.5. The smallest absolute Gasteiger partial charge is 0.195 e. The molecular formula is C63H60N2S2Si. The molecule has 1 aliphatic rings. The number of aromatic nitrogens is 2. The zero-order valence-corrected chi connectivity index (χ0v) is 43.7. The Labute approximate surface area is 412 Å². The van der Waals surface area contributed by atoms with E-state index in [1.165, 1.54) is 85.3 Å². The zero-order valence-electron chi connectivity index (χ0n) is 41.0. The minimum atomic E-state index is -3.09. The van der Waals surface area contributed by atoms with Crippen molar-refractivity contribution in [2.75, 3.05) is 0 Å². The van der Waals surface area contributed by atoms with E-state index in [2.05, 4.69) is 256 Å². The number of para-hydroxylation sites is 2. The molecule has 0 amide bonds. The lowest BCUT2D eigenvalue weighted by atomic mass is 9.61. The van der Waals surface area contributed by atoms with E-state index >= 15 is 0 Å². The molecule has 338 valence electrons. The average Bonchev–Trinajstić information content (AvgIpc) is 3.87. The van der Waals surface area contributed by atoms with E-state index in [4.69, 9.17) is 4.98 Å². The minimum absolute atomic E-state index is 0.0970. The van der Waals surface area contributed by atoms with Gasteiger partial charge in [-0.25, -0.2) is 4.98 Å². The molecule has 2 aromatic heterocycles. The molecule has 3 heterocycles. The van der Waals surface area contributed by atoms with Crippen LogP contribution in [0.4, 0.5) is 0 Å². The first-order chi connectivity index (χ1) is 32.5. The Morgan fingerprint density at radius 1 is 0.456 bits per heavy atom. The summed E-state index contributed by atoms with van der Waals surface area (Å²) in [6.07, 6.45) is 0. The first-order valence-electron chi connectivity index (χ1n) is 24.1. The number of benzene rings is 8. The Kier molecular flexibility index (Phi) is 10.5. The summed E-state index contributed by atoms with van der Waals surface area (Å²) in [7, 11) is -3.09. The summed E-state index contributed by atoms with van der Waals surface area (Å²) in [6.45, 7) is 24.0. The molecule has 0 unspecified atom stereocenters. The number of rotatable bonds is 6. The van der Waals surface area contributed by atoms with Gasteiger partial charge in [-0.15, -0.1) is 0 Å². The summed E-state index contributed by atoms with van der Waals surface area (Å²) < 4.78 is 3.62. The van der Waals surface area contributed by atoms with E-state index in [1.807, 2.05) is 11.8 Å². The van der Waals surface area contributed by atoms with Crippen LogP contribution in [0.15, 0.2) is 192 Å². The maximum atomic E-state index is 5.14. The lowest BCUT2D eigenvalue weighted by Gasteiger charge is -2.42. The second-order valence-electron chi connectivity index (χ2n) is 22.0. The van der Waals surface area contributed by atoms with Gasteiger partial charge in [0.2, 0.25) is 0 Å². The number of fused-ring (bicyclic) bond motifs is 7. The Bertz CT molecular complexity index is 3520.